The van der Waals surface area contributed by atoms with Crippen molar-refractivity contribution in [3.8, 4) is 0 Å². The highest BCUT2D eigenvalue weighted by Gasteiger charge is 2.26. The van der Waals surface area contributed by atoms with E-state index in [0.29, 0.717) is 18.4 Å². The van der Waals surface area contributed by atoms with Crippen LogP contribution in [0.5, 0.6) is 0 Å². The van der Waals surface area contributed by atoms with Gasteiger partial charge in [0.1, 0.15) is 0 Å². The Morgan fingerprint density at radius 1 is 1.40 bits per heavy atom. The first-order valence-electron chi connectivity index (χ1n) is 6.50. The third-order valence-electron chi connectivity index (χ3n) is 3.44. The Hall–Kier alpha value is -1.60. The zero-order valence-electron chi connectivity index (χ0n) is 11.3. The molecular formula is C13H19N3O3S. The number of amides is 1. The Morgan fingerprint density at radius 2 is 2.15 bits per heavy atom. The minimum Gasteiger partial charge on any atom is -0.348 e. The van der Waals surface area contributed by atoms with Crippen molar-refractivity contribution in [2.45, 2.75) is 25.8 Å². The number of aryl methyl sites for hydroxylation is 1. The van der Waals surface area contributed by atoms with Gasteiger partial charge in [-0.05, 0) is 43.5 Å². The van der Waals surface area contributed by atoms with E-state index in [-0.39, 0.29) is 23.5 Å². The molecule has 1 aromatic rings. The quantitative estimate of drug-likeness (QED) is 0.560. The van der Waals surface area contributed by atoms with Crippen LogP contribution in [-0.2, 0) is 9.84 Å². The fraction of sp³-hybridized carbons (Fsp3) is 0.462. The molecule has 1 aromatic carbocycles. The zero-order valence-corrected chi connectivity index (χ0v) is 12.2. The standard InChI is InChI=1S/C13H19N3O3S/c1-9-7-10(16-14)4-5-12(9)13(17)15-11-3-2-6-20(18,19)8-11/h4-5,7,11,16H,2-3,6,8,14H2,1H3,(H,15,17). The van der Waals surface area contributed by atoms with Gasteiger partial charge in [0.15, 0.2) is 9.84 Å². The van der Waals surface area contributed by atoms with Gasteiger partial charge in [-0.2, -0.15) is 0 Å². The first-order chi connectivity index (χ1) is 9.41. The Morgan fingerprint density at radius 3 is 2.75 bits per heavy atom. The van der Waals surface area contributed by atoms with Gasteiger partial charge in [0.2, 0.25) is 0 Å². The van der Waals surface area contributed by atoms with E-state index in [9.17, 15) is 13.2 Å². The molecule has 6 nitrogen and oxygen atoms in total. The van der Waals surface area contributed by atoms with E-state index in [1.165, 1.54) is 0 Å². The molecule has 1 aliphatic rings. The number of carbonyl (C=O) groups is 1. The number of hydrazine groups is 1. The zero-order chi connectivity index (χ0) is 14.8. The summed E-state index contributed by atoms with van der Waals surface area (Å²) in [6.45, 7) is 1.81. The second-order valence-electron chi connectivity index (χ2n) is 5.10. The lowest BCUT2D eigenvalue weighted by Gasteiger charge is -2.23. The molecule has 1 heterocycles. The van der Waals surface area contributed by atoms with Crippen LogP contribution in [0.3, 0.4) is 0 Å². The van der Waals surface area contributed by atoms with E-state index in [1.807, 2.05) is 6.92 Å². The molecule has 0 aliphatic carbocycles. The predicted octanol–water partition coefficient (Wildman–Crippen LogP) is 0.588. The van der Waals surface area contributed by atoms with Crippen molar-refractivity contribution < 1.29 is 13.2 Å². The van der Waals surface area contributed by atoms with Crippen molar-refractivity contribution >= 4 is 21.4 Å². The molecule has 1 saturated heterocycles. The third-order valence-corrected chi connectivity index (χ3v) is 5.26. The summed E-state index contributed by atoms with van der Waals surface area (Å²) in [7, 11) is -3.02. The van der Waals surface area contributed by atoms with Crippen molar-refractivity contribution in [1.29, 1.82) is 0 Å². The molecular weight excluding hydrogens is 278 g/mol. The number of anilines is 1. The molecule has 20 heavy (non-hydrogen) atoms. The van der Waals surface area contributed by atoms with Gasteiger partial charge in [0.25, 0.3) is 5.91 Å². The maximum absolute atomic E-state index is 12.2. The maximum Gasteiger partial charge on any atom is 0.251 e. The highest BCUT2D eigenvalue weighted by atomic mass is 32.2. The van der Waals surface area contributed by atoms with Crippen LogP contribution in [0.1, 0.15) is 28.8 Å². The molecule has 1 aliphatic heterocycles. The maximum atomic E-state index is 12.2. The number of benzene rings is 1. The molecule has 110 valence electrons. The lowest BCUT2D eigenvalue weighted by Crippen LogP contribution is -2.43. The van der Waals surface area contributed by atoms with Gasteiger partial charge in [0.05, 0.1) is 11.5 Å². The van der Waals surface area contributed by atoms with Gasteiger partial charge in [0, 0.05) is 17.3 Å². The van der Waals surface area contributed by atoms with Crippen LogP contribution >= 0.6 is 0 Å². The smallest absolute Gasteiger partial charge is 0.251 e. The van der Waals surface area contributed by atoms with E-state index in [1.54, 1.807) is 18.2 Å². The normalized spacial score (nSPS) is 21.2. The molecule has 1 unspecified atom stereocenters. The summed E-state index contributed by atoms with van der Waals surface area (Å²) in [6.07, 6.45) is 1.30. The number of nitrogens with two attached hydrogens (primary N) is 1. The second kappa shape index (κ2) is 5.80. The van der Waals surface area contributed by atoms with Crippen molar-refractivity contribution in [3.63, 3.8) is 0 Å². The summed E-state index contributed by atoms with van der Waals surface area (Å²) in [5.74, 6) is 5.31. The third kappa shape index (κ3) is 3.49. The first-order valence-corrected chi connectivity index (χ1v) is 8.32. The lowest BCUT2D eigenvalue weighted by molar-refractivity contribution is 0.0937. The van der Waals surface area contributed by atoms with Crippen molar-refractivity contribution in [1.82, 2.24) is 5.32 Å². The van der Waals surface area contributed by atoms with Crippen LogP contribution in [0.2, 0.25) is 0 Å². The summed E-state index contributed by atoms with van der Waals surface area (Å²) >= 11 is 0. The van der Waals surface area contributed by atoms with Crippen molar-refractivity contribution in [3.05, 3.63) is 29.3 Å². The van der Waals surface area contributed by atoms with Crippen LogP contribution in [0, 0.1) is 6.92 Å². The average Bonchev–Trinajstić information content (AvgIpc) is 2.37. The summed E-state index contributed by atoms with van der Waals surface area (Å²) in [6, 6.07) is 4.86. The van der Waals surface area contributed by atoms with Crippen LogP contribution < -0.4 is 16.6 Å². The molecule has 4 N–H and O–H groups in total. The molecule has 2 rings (SSSR count). The van der Waals surface area contributed by atoms with E-state index in [2.05, 4.69) is 10.7 Å². The van der Waals surface area contributed by atoms with E-state index in [4.69, 9.17) is 5.84 Å². The number of nitrogens with one attached hydrogen (secondary N) is 2. The summed E-state index contributed by atoms with van der Waals surface area (Å²) in [5.41, 5.74) is 4.56. The van der Waals surface area contributed by atoms with Gasteiger partial charge in [-0.1, -0.05) is 0 Å². The minimum atomic E-state index is -3.02. The number of hydrogen-bond donors (Lipinski definition) is 3. The number of sulfone groups is 1. The highest BCUT2D eigenvalue weighted by molar-refractivity contribution is 7.91. The van der Waals surface area contributed by atoms with Gasteiger partial charge in [-0.25, -0.2) is 8.42 Å². The molecule has 0 bridgehead atoms. The SMILES string of the molecule is Cc1cc(NN)ccc1C(=O)NC1CCCS(=O)(=O)C1. The summed E-state index contributed by atoms with van der Waals surface area (Å²) in [5, 5.41) is 2.80. The molecule has 1 amide bonds. The number of rotatable bonds is 3. The number of hydrogen-bond acceptors (Lipinski definition) is 5. The van der Waals surface area contributed by atoms with E-state index >= 15 is 0 Å². The average molecular weight is 297 g/mol. The first kappa shape index (κ1) is 14.8. The van der Waals surface area contributed by atoms with Crippen LogP contribution in [0.4, 0.5) is 5.69 Å². The predicted molar refractivity (Wildman–Crippen MR) is 78.1 cm³/mol. The fourth-order valence-corrected chi connectivity index (χ4v) is 4.04. The molecule has 0 spiro atoms. The lowest BCUT2D eigenvalue weighted by atomic mass is 10.1. The second-order valence-corrected chi connectivity index (χ2v) is 7.33. The fourth-order valence-electron chi connectivity index (χ4n) is 2.41. The molecule has 1 fully saturated rings. The van der Waals surface area contributed by atoms with Crippen LogP contribution in [0.25, 0.3) is 0 Å². The van der Waals surface area contributed by atoms with Crippen LogP contribution in [-0.4, -0.2) is 31.9 Å². The Labute approximate surface area is 118 Å². The monoisotopic (exact) mass is 297 g/mol. The number of nitrogen functional groups attached to an aromatic ring is 1. The van der Waals surface area contributed by atoms with Gasteiger partial charge < -0.3 is 10.7 Å². The molecule has 0 radical (unpaired) electrons. The molecule has 0 aromatic heterocycles. The highest BCUT2D eigenvalue weighted by Crippen LogP contribution is 2.16. The Bertz CT molecular complexity index is 613. The van der Waals surface area contributed by atoms with Crippen molar-refractivity contribution in [2.24, 2.45) is 5.84 Å². The minimum absolute atomic E-state index is 0.0280. The van der Waals surface area contributed by atoms with Crippen molar-refractivity contribution in [2.75, 3.05) is 16.9 Å². The topological polar surface area (TPSA) is 101 Å². The molecule has 0 saturated carbocycles. The molecule has 1 atom stereocenters. The van der Waals surface area contributed by atoms with Gasteiger partial charge in [-0.15, -0.1) is 0 Å². The summed E-state index contributed by atoms with van der Waals surface area (Å²) in [4.78, 5) is 12.2. The molecule has 7 heteroatoms. The number of carbonyl (C=O) groups excluding carboxylic acids is 1. The Kier molecular flexibility index (Phi) is 4.29. The van der Waals surface area contributed by atoms with Gasteiger partial charge in [-0.3, -0.25) is 10.6 Å². The van der Waals surface area contributed by atoms with Gasteiger partial charge >= 0.3 is 0 Å². The summed E-state index contributed by atoms with van der Waals surface area (Å²) < 4.78 is 23.1. The van der Waals surface area contributed by atoms with E-state index in [0.717, 1.165) is 11.3 Å². The van der Waals surface area contributed by atoms with E-state index < -0.39 is 9.84 Å². The Balaban J connectivity index is 2.08. The van der Waals surface area contributed by atoms with Crippen LogP contribution in [0.15, 0.2) is 18.2 Å². The largest absolute Gasteiger partial charge is 0.348 e.